The smallest absolute Gasteiger partial charge is 0.305 e. The molecule has 0 spiro atoms. The van der Waals surface area contributed by atoms with Crippen LogP contribution in [0.5, 0.6) is 0 Å². The van der Waals surface area contributed by atoms with Crippen LogP contribution in [-0.2, 0) is 10.3 Å². The van der Waals surface area contributed by atoms with E-state index in [1.54, 1.807) is 12.1 Å². The van der Waals surface area contributed by atoms with E-state index >= 15 is 0 Å². The molecule has 100 valence electrons. The van der Waals surface area contributed by atoms with Gasteiger partial charge in [-0.05, 0) is 37.1 Å². The van der Waals surface area contributed by atoms with Gasteiger partial charge >= 0.3 is 5.97 Å². The average molecular weight is 253 g/mol. The van der Waals surface area contributed by atoms with Crippen LogP contribution in [0, 0.1) is 5.82 Å². The maximum absolute atomic E-state index is 13.0. The number of carbonyl (C=O) groups is 1. The van der Waals surface area contributed by atoms with Gasteiger partial charge in [-0.15, -0.1) is 0 Å². The van der Waals surface area contributed by atoms with Crippen LogP contribution in [-0.4, -0.2) is 17.6 Å². The molecule has 0 saturated heterocycles. The number of carboxylic acid groups (broad SMARTS) is 1. The van der Waals surface area contributed by atoms with Crippen molar-refractivity contribution in [2.45, 2.75) is 38.6 Å². The highest BCUT2D eigenvalue weighted by Gasteiger charge is 2.32. The largest absolute Gasteiger partial charge is 0.481 e. The molecule has 0 aliphatic heterocycles. The van der Waals surface area contributed by atoms with E-state index in [1.807, 2.05) is 13.8 Å². The number of hydrogen-bond acceptors (Lipinski definition) is 2. The van der Waals surface area contributed by atoms with Crippen LogP contribution in [0.2, 0.25) is 0 Å². The number of hydrogen-bond donors (Lipinski definition) is 2. The van der Waals surface area contributed by atoms with Crippen LogP contribution in [0.15, 0.2) is 24.3 Å². The van der Waals surface area contributed by atoms with Gasteiger partial charge in [0, 0.05) is 0 Å². The molecule has 1 rings (SSSR count). The first-order valence-corrected chi connectivity index (χ1v) is 6.27. The normalized spacial score (nSPS) is 14.2. The van der Waals surface area contributed by atoms with Crippen molar-refractivity contribution in [2.75, 3.05) is 6.54 Å². The number of benzene rings is 1. The highest BCUT2D eigenvalue weighted by molar-refractivity contribution is 5.69. The third kappa shape index (κ3) is 3.53. The summed E-state index contributed by atoms with van der Waals surface area (Å²) in [5, 5.41) is 12.4. The monoisotopic (exact) mass is 253 g/mol. The molecule has 0 saturated carbocycles. The van der Waals surface area contributed by atoms with E-state index in [9.17, 15) is 9.18 Å². The second-order valence-electron chi connectivity index (χ2n) is 4.44. The van der Waals surface area contributed by atoms with Gasteiger partial charge in [0.1, 0.15) is 5.82 Å². The second kappa shape index (κ2) is 6.50. The number of halogens is 1. The lowest BCUT2D eigenvalue weighted by molar-refractivity contribution is -0.139. The minimum absolute atomic E-state index is 0.00483. The predicted molar refractivity (Wildman–Crippen MR) is 68.9 cm³/mol. The van der Waals surface area contributed by atoms with Crippen molar-refractivity contribution in [3.05, 3.63) is 35.6 Å². The second-order valence-corrected chi connectivity index (χ2v) is 4.44. The molecule has 0 fully saturated rings. The van der Waals surface area contributed by atoms with Gasteiger partial charge in [-0.25, -0.2) is 4.39 Å². The summed E-state index contributed by atoms with van der Waals surface area (Å²) in [4.78, 5) is 11.1. The molecule has 2 N–H and O–H groups in total. The molecule has 3 nitrogen and oxygen atoms in total. The van der Waals surface area contributed by atoms with Gasteiger partial charge in [-0.1, -0.05) is 26.0 Å². The van der Waals surface area contributed by atoms with Crippen LogP contribution in [0.4, 0.5) is 4.39 Å². The first kappa shape index (κ1) is 14.6. The molecule has 1 aromatic rings. The van der Waals surface area contributed by atoms with Crippen molar-refractivity contribution in [2.24, 2.45) is 0 Å². The van der Waals surface area contributed by atoms with Gasteiger partial charge in [-0.3, -0.25) is 4.79 Å². The van der Waals surface area contributed by atoms with E-state index in [1.165, 1.54) is 12.1 Å². The maximum Gasteiger partial charge on any atom is 0.305 e. The minimum Gasteiger partial charge on any atom is -0.481 e. The van der Waals surface area contributed by atoms with Gasteiger partial charge in [0.2, 0.25) is 0 Å². The standard InChI is InChI=1S/C14H20FNO2/c1-3-9-16-14(4-2,10-13(17)18)11-5-7-12(15)8-6-11/h5-8,16H,3-4,9-10H2,1-2H3,(H,17,18). The molecule has 18 heavy (non-hydrogen) atoms. The quantitative estimate of drug-likeness (QED) is 0.785. The van der Waals surface area contributed by atoms with Gasteiger partial charge in [0.15, 0.2) is 0 Å². The van der Waals surface area contributed by atoms with Gasteiger partial charge in [-0.2, -0.15) is 0 Å². The van der Waals surface area contributed by atoms with Crippen molar-refractivity contribution in [1.29, 1.82) is 0 Å². The fraction of sp³-hybridized carbons (Fsp3) is 0.500. The number of aliphatic carboxylic acids is 1. The highest BCUT2D eigenvalue weighted by Crippen LogP contribution is 2.29. The average Bonchev–Trinajstić information content (AvgIpc) is 2.35. The third-order valence-corrected chi connectivity index (χ3v) is 3.17. The van der Waals surface area contributed by atoms with Crippen molar-refractivity contribution < 1.29 is 14.3 Å². The van der Waals surface area contributed by atoms with E-state index in [2.05, 4.69) is 5.32 Å². The Labute approximate surface area is 107 Å². The molecule has 1 aromatic carbocycles. The van der Waals surface area contributed by atoms with E-state index in [-0.39, 0.29) is 12.2 Å². The number of carboxylic acids is 1. The number of rotatable bonds is 7. The molecule has 0 radical (unpaired) electrons. The summed E-state index contributed by atoms with van der Waals surface area (Å²) in [5.41, 5.74) is 0.206. The molecule has 0 aliphatic rings. The topological polar surface area (TPSA) is 49.3 Å². The first-order chi connectivity index (χ1) is 8.54. The molecule has 0 amide bonds. The maximum atomic E-state index is 13.0. The Balaban J connectivity index is 3.07. The first-order valence-electron chi connectivity index (χ1n) is 6.27. The van der Waals surface area contributed by atoms with Crippen LogP contribution < -0.4 is 5.32 Å². The lowest BCUT2D eigenvalue weighted by Gasteiger charge is -2.33. The van der Waals surface area contributed by atoms with Crippen molar-refractivity contribution >= 4 is 5.97 Å². The van der Waals surface area contributed by atoms with Crippen LogP contribution in [0.1, 0.15) is 38.7 Å². The summed E-state index contributed by atoms with van der Waals surface area (Å²) < 4.78 is 13.0. The van der Waals surface area contributed by atoms with Gasteiger partial charge in [0.25, 0.3) is 0 Å². The van der Waals surface area contributed by atoms with Crippen molar-refractivity contribution in [3.63, 3.8) is 0 Å². The Morgan fingerprint density at radius 3 is 2.39 bits per heavy atom. The van der Waals surface area contributed by atoms with Crippen LogP contribution >= 0.6 is 0 Å². The Bertz CT molecular complexity index is 391. The Morgan fingerprint density at radius 1 is 1.33 bits per heavy atom. The lowest BCUT2D eigenvalue weighted by atomic mass is 9.84. The minimum atomic E-state index is -0.857. The zero-order valence-corrected chi connectivity index (χ0v) is 10.9. The molecular weight excluding hydrogens is 233 g/mol. The summed E-state index contributed by atoms with van der Waals surface area (Å²) >= 11 is 0. The summed E-state index contributed by atoms with van der Waals surface area (Å²) in [6.07, 6.45) is 1.56. The molecule has 4 heteroatoms. The molecule has 0 bridgehead atoms. The van der Waals surface area contributed by atoms with Crippen LogP contribution in [0.25, 0.3) is 0 Å². The Morgan fingerprint density at radius 2 is 1.94 bits per heavy atom. The highest BCUT2D eigenvalue weighted by atomic mass is 19.1. The van der Waals surface area contributed by atoms with E-state index in [0.29, 0.717) is 6.42 Å². The van der Waals surface area contributed by atoms with E-state index in [0.717, 1.165) is 18.5 Å². The van der Waals surface area contributed by atoms with E-state index in [4.69, 9.17) is 5.11 Å². The molecule has 0 aliphatic carbocycles. The number of nitrogens with one attached hydrogen (secondary N) is 1. The molecular formula is C14H20FNO2. The molecule has 1 atom stereocenters. The zero-order chi connectivity index (χ0) is 13.6. The van der Waals surface area contributed by atoms with Crippen molar-refractivity contribution in [3.8, 4) is 0 Å². The van der Waals surface area contributed by atoms with E-state index < -0.39 is 11.5 Å². The summed E-state index contributed by atoms with van der Waals surface area (Å²) in [5.74, 6) is -1.17. The molecule has 0 aromatic heterocycles. The zero-order valence-electron chi connectivity index (χ0n) is 10.9. The summed E-state index contributed by atoms with van der Waals surface area (Å²) in [7, 11) is 0. The van der Waals surface area contributed by atoms with Gasteiger partial charge in [0.05, 0.1) is 12.0 Å². The lowest BCUT2D eigenvalue weighted by Crippen LogP contribution is -2.44. The fourth-order valence-electron chi connectivity index (χ4n) is 2.11. The fourth-order valence-corrected chi connectivity index (χ4v) is 2.11. The summed E-state index contributed by atoms with van der Waals surface area (Å²) in [6, 6.07) is 6.05. The van der Waals surface area contributed by atoms with Gasteiger partial charge < -0.3 is 10.4 Å². The molecule has 1 unspecified atom stereocenters. The van der Waals surface area contributed by atoms with Crippen LogP contribution in [0.3, 0.4) is 0 Å². The predicted octanol–water partition coefficient (Wildman–Crippen LogP) is 2.91. The SMILES string of the molecule is CCCNC(CC)(CC(=O)O)c1ccc(F)cc1. The third-order valence-electron chi connectivity index (χ3n) is 3.17. The van der Waals surface area contributed by atoms with Crippen molar-refractivity contribution in [1.82, 2.24) is 5.32 Å². The summed E-state index contributed by atoms with van der Waals surface area (Å²) in [6.45, 7) is 4.70. The molecule has 0 heterocycles. The Kier molecular flexibility index (Phi) is 5.28. The Hall–Kier alpha value is -1.42.